The maximum Gasteiger partial charge on any atom is 0.237 e. The summed E-state index contributed by atoms with van der Waals surface area (Å²) in [5, 5.41) is 11.6. The quantitative estimate of drug-likeness (QED) is 0.879. The monoisotopic (exact) mass is 293 g/mol. The van der Waals surface area contributed by atoms with Gasteiger partial charge in [-0.2, -0.15) is 0 Å². The topological polar surface area (TPSA) is 54.9 Å². The molecule has 0 unspecified atom stereocenters. The highest BCUT2D eigenvalue weighted by atomic mass is 32.2. The number of thioether (sulfide) groups is 1. The van der Waals surface area contributed by atoms with Gasteiger partial charge in [-0.25, -0.2) is 0 Å². The highest BCUT2D eigenvalue weighted by Crippen LogP contribution is 2.26. The van der Waals surface area contributed by atoms with Crippen molar-refractivity contribution in [3.05, 3.63) is 34.8 Å². The first kappa shape index (κ1) is 14.0. The van der Waals surface area contributed by atoms with Crippen molar-refractivity contribution in [3.8, 4) is 0 Å². The van der Waals surface area contributed by atoms with Gasteiger partial charge in [0.1, 0.15) is 5.01 Å². The van der Waals surface area contributed by atoms with Crippen molar-refractivity contribution in [2.75, 3.05) is 5.32 Å². The number of nitrogens with one attached hydrogen (secondary N) is 1. The summed E-state index contributed by atoms with van der Waals surface area (Å²) in [6, 6.07) is 7.76. The van der Waals surface area contributed by atoms with E-state index in [0.29, 0.717) is 0 Å². The number of carbonyl (C=O) groups excluding carboxylic acids is 1. The lowest BCUT2D eigenvalue weighted by Gasteiger charge is -2.10. The molecule has 0 aliphatic heterocycles. The second-order valence-corrected chi connectivity index (χ2v) is 6.98. The van der Waals surface area contributed by atoms with E-state index < -0.39 is 0 Å². The van der Waals surface area contributed by atoms with Crippen molar-refractivity contribution >= 4 is 34.7 Å². The number of aryl methyl sites for hydroxylation is 2. The molecular weight excluding hydrogens is 278 g/mol. The summed E-state index contributed by atoms with van der Waals surface area (Å²) in [6.45, 7) is 5.77. The summed E-state index contributed by atoms with van der Waals surface area (Å²) in [7, 11) is 0. The summed E-state index contributed by atoms with van der Waals surface area (Å²) in [5.74, 6) is -0.0246. The predicted molar refractivity (Wildman–Crippen MR) is 79.8 cm³/mol. The normalized spacial score (nSPS) is 12.2. The van der Waals surface area contributed by atoms with Gasteiger partial charge in [0.15, 0.2) is 4.34 Å². The molecule has 0 bridgehead atoms. The van der Waals surface area contributed by atoms with Crippen LogP contribution >= 0.6 is 23.1 Å². The lowest BCUT2D eigenvalue weighted by atomic mass is 10.2. The molecule has 6 heteroatoms. The van der Waals surface area contributed by atoms with E-state index in [-0.39, 0.29) is 11.2 Å². The Morgan fingerprint density at radius 2 is 2.16 bits per heavy atom. The largest absolute Gasteiger partial charge is 0.325 e. The van der Waals surface area contributed by atoms with Crippen molar-refractivity contribution in [1.82, 2.24) is 10.2 Å². The first-order valence-electron chi connectivity index (χ1n) is 5.89. The molecule has 0 fully saturated rings. The number of hydrogen-bond donors (Lipinski definition) is 1. The van der Waals surface area contributed by atoms with Gasteiger partial charge in [-0.3, -0.25) is 4.79 Å². The fourth-order valence-corrected chi connectivity index (χ4v) is 3.46. The molecule has 2 rings (SSSR count). The van der Waals surface area contributed by atoms with Crippen LogP contribution in [0.5, 0.6) is 0 Å². The minimum absolute atomic E-state index is 0.0246. The summed E-state index contributed by atoms with van der Waals surface area (Å²) in [4.78, 5) is 12.1. The number of hydrogen-bond acceptors (Lipinski definition) is 5. The molecule has 19 heavy (non-hydrogen) atoms. The zero-order chi connectivity index (χ0) is 13.8. The van der Waals surface area contributed by atoms with Gasteiger partial charge >= 0.3 is 0 Å². The van der Waals surface area contributed by atoms with Crippen LogP contribution in [0.2, 0.25) is 0 Å². The molecule has 0 aliphatic rings. The molecule has 0 saturated carbocycles. The van der Waals surface area contributed by atoms with Crippen LogP contribution < -0.4 is 5.32 Å². The minimum Gasteiger partial charge on any atom is -0.325 e. The van der Waals surface area contributed by atoms with E-state index in [4.69, 9.17) is 0 Å². The Hall–Kier alpha value is -1.40. The molecule has 100 valence electrons. The number of amides is 1. The maximum atomic E-state index is 12.1. The van der Waals surface area contributed by atoms with E-state index >= 15 is 0 Å². The number of rotatable bonds is 4. The van der Waals surface area contributed by atoms with Crippen LogP contribution in [0.15, 0.2) is 28.6 Å². The third-order valence-corrected chi connectivity index (χ3v) is 4.46. The van der Waals surface area contributed by atoms with E-state index in [0.717, 1.165) is 20.6 Å². The van der Waals surface area contributed by atoms with Crippen LogP contribution in [-0.2, 0) is 4.79 Å². The molecule has 1 N–H and O–H groups in total. The minimum atomic E-state index is -0.201. The van der Waals surface area contributed by atoms with Crippen molar-refractivity contribution in [2.24, 2.45) is 0 Å². The van der Waals surface area contributed by atoms with Gasteiger partial charge in [0.05, 0.1) is 5.25 Å². The van der Waals surface area contributed by atoms with E-state index in [1.165, 1.54) is 23.1 Å². The highest BCUT2D eigenvalue weighted by molar-refractivity contribution is 8.02. The first-order valence-corrected chi connectivity index (χ1v) is 7.58. The summed E-state index contributed by atoms with van der Waals surface area (Å²) in [6.07, 6.45) is 0. The smallest absolute Gasteiger partial charge is 0.237 e. The van der Waals surface area contributed by atoms with Crippen LogP contribution in [0.25, 0.3) is 0 Å². The second-order valence-electron chi connectivity index (χ2n) is 4.21. The summed E-state index contributed by atoms with van der Waals surface area (Å²) >= 11 is 2.93. The molecule has 1 aromatic heterocycles. The van der Waals surface area contributed by atoms with Crippen LogP contribution in [0.4, 0.5) is 5.69 Å². The van der Waals surface area contributed by atoms with E-state index in [9.17, 15) is 4.79 Å². The standard InChI is InChI=1S/C13H15N3OS2/c1-8-5-4-6-11(7-8)14-12(17)9(2)18-13-16-15-10(3)19-13/h4-7,9H,1-3H3,(H,14,17)/t9-/m1/s1. The first-order chi connectivity index (χ1) is 9.04. The molecule has 0 saturated heterocycles. The summed E-state index contributed by atoms with van der Waals surface area (Å²) in [5.41, 5.74) is 1.95. The molecule has 0 aliphatic carbocycles. The molecule has 1 atom stereocenters. The number of aromatic nitrogens is 2. The van der Waals surface area contributed by atoms with Crippen molar-refractivity contribution in [2.45, 2.75) is 30.4 Å². The SMILES string of the molecule is Cc1cccc(NC(=O)[C@@H](C)Sc2nnc(C)s2)c1. The Kier molecular flexibility index (Phi) is 4.55. The Balaban J connectivity index is 1.96. The molecule has 1 amide bonds. The number of benzene rings is 1. The van der Waals surface area contributed by atoms with Crippen molar-refractivity contribution in [1.29, 1.82) is 0 Å². The van der Waals surface area contributed by atoms with E-state index in [1.54, 1.807) is 0 Å². The molecule has 1 heterocycles. The van der Waals surface area contributed by atoms with Gasteiger partial charge in [-0.15, -0.1) is 10.2 Å². The highest BCUT2D eigenvalue weighted by Gasteiger charge is 2.16. The van der Waals surface area contributed by atoms with E-state index in [2.05, 4.69) is 15.5 Å². The van der Waals surface area contributed by atoms with Gasteiger partial charge in [-0.05, 0) is 38.5 Å². The van der Waals surface area contributed by atoms with Gasteiger partial charge in [0.25, 0.3) is 0 Å². The average Bonchev–Trinajstić information content (AvgIpc) is 2.74. The zero-order valence-corrected chi connectivity index (χ0v) is 12.6. The van der Waals surface area contributed by atoms with E-state index in [1.807, 2.05) is 45.0 Å². The van der Waals surface area contributed by atoms with Crippen LogP contribution in [0.1, 0.15) is 17.5 Å². The van der Waals surface area contributed by atoms with Crippen LogP contribution in [-0.4, -0.2) is 21.4 Å². The van der Waals surface area contributed by atoms with Crippen LogP contribution in [0, 0.1) is 13.8 Å². The van der Waals surface area contributed by atoms with Gasteiger partial charge in [0.2, 0.25) is 5.91 Å². The predicted octanol–water partition coefficient (Wildman–Crippen LogP) is 3.27. The third kappa shape index (κ3) is 4.04. The van der Waals surface area contributed by atoms with Crippen molar-refractivity contribution in [3.63, 3.8) is 0 Å². The van der Waals surface area contributed by atoms with Crippen LogP contribution in [0.3, 0.4) is 0 Å². The molecule has 0 radical (unpaired) electrons. The summed E-state index contributed by atoms with van der Waals surface area (Å²) < 4.78 is 0.824. The third-order valence-electron chi connectivity index (χ3n) is 2.44. The van der Waals surface area contributed by atoms with Gasteiger partial charge in [0, 0.05) is 5.69 Å². The van der Waals surface area contributed by atoms with Crippen molar-refractivity contribution < 1.29 is 4.79 Å². The van der Waals surface area contributed by atoms with Gasteiger partial charge in [-0.1, -0.05) is 35.2 Å². The molecule has 1 aromatic carbocycles. The number of nitrogens with zero attached hydrogens (tertiary/aromatic N) is 2. The Morgan fingerprint density at radius 1 is 1.37 bits per heavy atom. The number of carbonyl (C=O) groups is 1. The molecular formula is C13H15N3OS2. The molecule has 4 nitrogen and oxygen atoms in total. The Bertz CT molecular complexity index is 583. The Morgan fingerprint density at radius 3 is 2.79 bits per heavy atom. The maximum absolute atomic E-state index is 12.1. The molecule has 0 spiro atoms. The fourth-order valence-electron chi connectivity index (χ4n) is 1.50. The molecule has 2 aromatic rings. The average molecular weight is 293 g/mol. The Labute approximate surface area is 120 Å². The fraction of sp³-hybridized carbons (Fsp3) is 0.308. The zero-order valence-electron chi connectivity index (χ0n) is 11.0. The van der Waals surface area contributed by atoms with Gasteiger partial charge < -0.3 is 5.32 Å². The second kappa shape index (κ2) is 6.16. The lowest BCUT2D eigenvalue weighted by Crippen LogP contribution is -2.22. The number of anilines is 1. The lowest BCUT2D eigenvalue weighted by molar-refractivity contribution is -0.115.